The molecule has 0 heterocycles. The van der Waals surface area contributed by atoms with Gasteiger partial charge in [-0.25, -0.2) is 0 Å². The van der Waals surface area contributed by atoms with Gasteiger partial charge >= 0.3 is 11.9 Å². The van der Waals surface area contributed by atoms with E-state index in [1.54, 1.807) is 48.5 Å². The van der Waals surface area contributed by atoms with Crippen LogP contribution in [-0.4, -0.2) is 22.2 Å². The number of phenols is 2. The average molecular weight is 553 g/mol. The molecule has 0 atom stereocenters. The van der Waals surface area contributed by atoms with Gasteiger partial charge in [-0.15, -0.1) is 0 Å². The van der Waals surface area contributed by atoms with Crippen LogP contribution in [0, 0.1) is 0 Å². The Bertz CT molecular complexity index is 1290. The first-order valence-electron chi connectivity index (χ1n) is 13.6. The van der Waals surface area contributed by atoms with E-state index in [4.69, 9.17) is 19.7 Å². The van der Waals surface area contributed by atoms with Gasteiger partial charge in [0.1, 0.15) is 23.0 Å². The lowest BCUT2D eigenvalue weighted by Crippen LogP contribution is -2.03. The van der Waals surface area contributed by atoms with Crippen molar-refractivity contribution in [1.29, 1.82) is 0 Å². The fourth-order valence-electron chi connectivity index (χ4n) is 4.37. The van der Waals surface area contributed by atoms with Crippen molar-refractivity contribution >= 4 is 17.5 Å². The number of hydrogen-bond acceptors (Lipinski definition) is 6. The number of carbonyl (C=O) groups excluding carboxylic acids is 2. The molecule has 212 valence electrons. The second-order valence-corrected chi connectivity index (χ2v) is 9.45. The van der Waals surface area contributed by atoms with Crippen LogP contribution in [0.5, 0.6) is 23.0 Å². The Labute approximate surface area is 241 Å². The molecule has 6 nitrogen and oxygen atoms in total. The second kappa shape index (κ2) is 16.3. The number of phenolic OH excluding ortho intramolecular Hbond substituents is 2. The Morgan fingerprint density at radius 3 is 1.20 bits per heavy atom. The van der Waals surface area contributed by atoms with Crippen LogP contribution in [0.1, 0.15) is 57.1 Å². The average Bonchev–Trinajstić information content (AvgIpc) is 2.97. The maximum absolute atomic E-state index is 11.1. The topological polar surface area (TPSA) is 93.1 Å². The predicted octanol–water partition coefficient (Wildman–Crippen LogP) is 8.09. The molecular weight excluding hydrogens is 516 g/mol. The predicted molar refractivity (Wildman–Crippen MR) is 161 cm³/mol. The van der Waals surface area contributed by atoms with Crippen molar-refractivity contribution in [3.05, 3.63) is 126 Å². The maximum Gasteiger partial charge on any atom is 0.308 e. The van der Waals surface area contributed by atoms with E-state index in [1.165, 1.54) is 44.3 Å². The molecule has 1 fully saturated rings. The third-order valence-electron chi connectivity index (χ3n) is 6.13. The van der Waals surface area contributed by atoms with Gasteiger partial charge in [0.05, 0.1) is 0 Å². The number of ether oxygens (including phenoxy) is 2. The maximum atomic E-state index is 11.1. The van der Waals surface area contributed by atoms with Gasteiger partial charge in [-0.2, -0.15) is 0 Å². The minimum absolute atomic E-state index is 0.322. The Morgan fingerprint density at radius 2 is 0.902 bits per heavy atom. The van der Waals surface area contributed by atoms with Gasteiger partial charge in [-0.1, -0.05) is 72.7 Å². The van der Waals surface area contributed by atoms with E-state index in [9.17, 15) is 9.59 Å². The first-order valence-corrected chi connectivity index (χ1v) is 13.6. The van der Waals surface area contributed by atoms with E-state index in [2.05, 4.69) is 0 Å². The Kier molecular flexibility index (Phi) is 12.2. The van der Waals surface area contributed by atoms with E-state index in [1.807, 2.05) is 60.7 Å². The zero-order valence-electron chi connectivity index (χ0n) is 23.5. The lowest BCUT2D eigenvalue weighted by molar-refractivity contribution is -0.132. The van der Waals surface area contributed by atoms with Crippen LogP contribution in [0.15, 0.2) is 115 Å². The Balaban J connectivity index is 0.000000267. The van der Waals surface area contributed by atoms with Crippen molar-refractivity contribution in [2.75, 3.05) is 0 Å². The lowest BCUT2D eigenvalue weighted by atomic mass is 9.85. The molecule has 1 saturated carbocycles. The molecule has 4 aromatic carbocycles. The van der Waals surface area contributed by atoms with Crippen molar-refractivity contribution < 1.29 is 29.3 Å². The number of rotatable bonds is 4. The van der Waals surface area contributed by atoms with Gasteiger partial charge in [-0.05, 0) is 90.9 Å². The monoisotopic (exact) mass is 552 g/mol. The van der Waals surface area contributed by atoms with E-state index < -0.39 is 0 Å². The summed E-state index contributed by atoms with van der Waals surface area (Å²) in [5.74, 6) is 1.09. The summed E-state index contributed by atoms with van der Waals surface area (Å²) in [5.41, 5.74) is 4.87. The molecule has 0 aliphatic heterocycles. The molecule has 5 rings (SSSR count). The van der Waals surface area contributed by atoms with Crippen molar-refractivity contribution in [2.24, 2.45) is 0 Å². The summed E-state index contributed by atoms with van der Waals surface area (Å²) in [6.07, 6.45) is 5.86. The highest BCUT2D eigenvalue weighted by Gasteiger charge is 2.15. The fourth-order valence-corrected chi connectivity index (χ4v) is 4.37. The van der Waals surface area contributed by atoms with Crippen molar-refractivity contribution in [2.45, 2.75) is 46.0 Å². The summed E-state index contributed by atoms with van der Waals surface area (Å²) in [6.45, 7) is 2.79. The smallest absolute Gasteiger partial charge is 0.308 e. The largest absolute Gasteiger partial charge is 0.508 e. The first kappa shape index (κ1) is 30.7. The summed E-state index contributed by atoms with van der Waals surface area (Å²) < 4.78 is 10.3. The molecule has 0 saturated heterocycles. The van der Waals surface area contributed by atoms with Crippen LogP contribution in [0.3, 0.4) is 0 Å². The van der Waals surface area contributed by atoms with Crippen molar-refractivity contribution in [3.8, 4) is 23.0 Å². The highest BCUT2D eigenvalue weighted by atomic mass is 16.5. The molecule has 2 N–H and O–H groups in total. The highest BCUT2D eigenvalue weighted by Crippen LogP contribution is 2.36. The number of esters is 2. The number of allylic oxidation sites excluding steroid dienone is 1. The quantitative estimate of drug-likeness (QED) is 0.196. The van der Waals surface area contributed by atoms with Crippen molar-refractivity contribution in [1.82, 2.24) is 0 Å². The van der Waals surface area contributed by atoms with Crippen LogP contribution in [-0.2, 0) is 9.59 Å². The fraction of sp³-hybridized carbons (Fsp3) is 0.200. The van der Waals surface area contributed by atoms with Gasteiger partial charge < -0.3 is 19.7 Å². The molecular formula is C35H36O6. The molecule has 6 heteroatoms. The molecule has 0 aromatic heterocycles. The summed E-state index contributed by atoms with van der Waals surface area (Å²) in [7, 11) is 0. The highest BCUT2D eigenvalue weighted by molar-refractivity contribution is 5.83. The van der Waals surface area contributed by atoms with E-state index >= 15 is 0 Å². The SMILES string of the molecule is CC(=O)Oc1ccc(C(=C2CCCCC2)c2ccc(OC(C)=O)cc2)cc1.Oc1ccccc1.Oc1ccccc1. The normalized spacial score (nSPS) is 12.0. The minimum atomic E-state index is -0.324. The summed E-state index contributed by atoms with van der Waals surface area (Å²) in [4.78, 5) is 22.3. The van der Waals surface area contributed by atoms with Crippen molar-refractivity contribution in [3.63, 3.8) is 0 Å². The molecule has 0 unspecified atom stereocenters. The lowest BCUT2D eigenvalue weighted by Gasteiger charge is -2.20. The zero-order chi connectivity index (χ0) is 29.5. The molecule has 1 aliphatic carbocycles. The number of hydrogen-bond donors (Lipinski definition) is 2. The van der Waals surface area contributed by atoms with Gasteiger partial charge in [0.15, 0.2) is 0 Å². The van der Waals surface area contributed by atoms with E-state index in [0.717, 1.165) is 24.0 Å². The molecule has 0 bridgehead atoms. The number of para-hydroxylation sites is 2. The summed E-state index contributed by atoms with van der Waals surface area (Å²) in [5, 5.41) is 17.3. The van der Waals surface area contributed by atoms with Crippen LogP contribution in [0.25, 0.3) is 5.57 Å². The summed E-state index contributed by atoms with van der Waals surface area (Å²) in [6, 6.07) is 32.7. The zero-order valence-corrected chi connectivity index (χ0v) is 23.5. The molecule has 1 aliphatic rings. The molecule has 4 aromatic rings. The van der Waals surface area contributed by atoms with Gasteiger partial charge in [0, 0.05) is 13.8 Å². The van der Waals surface area contributed by atoms with E-state index in [-0.39, 0.29) is 11.9 Å². The molecule has 41 heavy (non-hydrogen) atoms. The van der Waals surface area contributed by atoms with Crippen LogP contribution in [0.2, 0.25) is 0 Å². The van der Waals surface area contributed by atoms with Crippen LogP contribution >= 0.6 is 0 Å². The first-order chi connectivity index (χ1) is 19.8. The summed E-state index contributed by atoms with van der Waals surface area (Å²) >= 11 is 0. The standard InChI is InChI=1S/C23H24O4.2C6H6O/c1-16(24)26-21-12-8-19(9-13-21)23(18-6-4-3-5-7-18)20-10-14-22(15-11-20)27-17(2)25;2*7-6-4-2-1-3-5-6/h8-15H,3-7H2,1-2H3;2*1-5,7H. The van der Waals surface area contributed by atoms with E-state index in [0.29, 0.717) is 23.0 Å². The number of aromatic hydroxyl groups is 2. The third-order valence-corrected chi connectivity index (χ3v) is 6.13. The van der Waals surface area contributed by atoms with Gasteiger partial charge in [0.2, 0.25) is 0 Å². The van der Waals surface area contributed by atoms with Gasteiger partial charge in [-0.3, -0.25) is 9.59 Å². The molecule has 0 amide bonds. The molecule has 0 radical (unpaired) electrons. The van der Waals surface area contributed by atoms with Gasteiger partial charge in [0.25, 0.3) is 0 Å². The van der Waals surface area contributed by atoms with Crippen LogP contribution < -0.4 is 9.47 Å². The number of benzene rings is 4. The molecule has 0 spiro atoms. The number of carbonyl (C=O) groups is 2. The Hall–Kier alpha value is -4.84. The minimum Gasteiger partial charge on any atom is -0.508 e. The Morgan fingerprint density at radius 1 is 0.537 bits per heavy atom. The van der Waals surface area contributed by atoms with Crippen LogP contribution in [0.4, 0.5) is 0 Å². The third kappa shape index (κ3) is 11.0. The second-order valence-electron chi connectivity index (χ2n) is 9.45.